The Balaban J connectivity index is 0.000000109. The van der Waals surface area contributed by atoms with Gasteiger partial charge in [-0.2, -0.15) is 13.2 Å². The monoisotopic (exact) mass is 2060 g/mol. The van der Waals surface area contributed by atoms with E-state index < -0.39 is 64.0 Å². The van der Waals surface area contributed by atoms with Gasteiger partial charge < -0.3 is 57.3 Å². The highest BCUT2D eigenvalue weighted by molar-refractivity contribution is 9.10. The van der Waals surface area contributed by atoms with Gasteiger partial charge in [0.05, 0.1) is 44.2 Å². The highest BCUT2D eigenvalue weighted by Gasteiger charge is 2.73. The van der Waals surface area contributed by atoms with Crippen LogP contribution in [0.15, 0.2) is 145 Å². The average Bonchev–Trinajstić information content (AvgIpc) is 1.48. The molecule has 6 atom stereocenters. The molecule has 10 N–H and O–H groups in total. The standard InChI is InChI=1S/C24H28FN3O2.2C22H26N4O2S.C19H23F4N3O3.C18H17BrN6O/c1-15(25)30-19-9-11-23(12-10-19)14-18-8-7-17(6-5-16-3-4-16)13-20(18)24(23)21(29)28(2)22(26)27-24;2*1-13-24-12-18(29-13)14-4-5-15-11-21(8-6-16(28-3)7-9-21)22(17(15)10-14)19(27)26(2)20(23)25-22;1-26-16(24)25-19(29-26)13-8-15(28-10-18(21,22)23)14(20)7-11(13)9-17(19)5-3-12(27-2)4-6-17;1-24-14(26)18(23-15(24)20)13-7-12(19)4-3-11(13)8-17(18)9-25(10-17)16-21-5-2-6-22-16/h7-8,13,15-16,19H,3-4,9-12,14H2,1-2H3,(H2,26,27);2*4-5,10,12,16H,6-9,11H2,1-3H3,(H2,23,25);7-8,12H,3-6,9-10H2,1-2H3,(H2,24,25);2-7H,8-10H2,1H3,(H2,20,23)/t15?,19?,23?,24-;2*16?,21?,22-;;/m010../s1. The van der Waals surface area contributed by atoms with Crippen molar-refractivity contribution in [3.63, 3.8) is 0 Å². The van der Waals surface area contributed by atoms with Crippen LogP contribution >= 0.6 is 38.6 Å². The minimum absolute atomic E-state index is 0.00209. The molecule has 0 radical (unpaired) electrons. The van der Waals surface area contributed by atoms with Crippen molar-refractivity contribution in [2.45, 2.75) is 233 Å². The number of nitrogens with two attached hydrogens (primary N) is 5. The molecule has 38 heteroatoms. The molecule has 6 aliphatic heterocycles. The third kappa shape index (κ3) is 16.1. The van der Waals surface area contributed by atoms with E-state index in [-0.39, 0.29) is 87.6 Å². The van der Waals surface area contributed by atoms with Crippen molar-refractivity contribution in [3.05, 3.63) is 197 Å². The molecule has 5 saturated carbocycles. The van der Waals surface area contributed by atoms with Crippen molar-refractivity contribution in [2.24, 2.45) is 86.6 Å². The zero-order valence-electron chi connectivity index (χ0n) is 82.1. The lowest BCUT2D eigenvalue weighted by atomic mass is 9.61. The first-order chi connectivity index (χ1) is 68.2. The van der Waals surface area contributed by atoms with E-state index in [9.17, 15) is 41.1 Å². The summed E-state index contributed by atoms with van der Waals surface area (Å²) in [5.41, 5.74) is 36.9. The molecular weight excluding hydrogens is 1940 g/mol. The lowest BCUT2D eigenvalue weighted by Gasteiger charge is -2.53. The number of likely N-dealkylation sites (N-methyl/N-ethyl adjacent to an activating group) is 4. The number of hydrogen-bond acceptors (Lipinski definition) is 28. The molecule has 10 spiro atoms. The number of amides is 4. The molecule has 143 heavy (non-hydrogen) atoms. The summed E-state index contributed by atoms with van der Waals surface area (Å²) in [4.78, 5) is 112. The predicted octanol–water partition coefficient (Wildman–Crippen LogP) is 14.2. The van der Waals surface area contributed by atoms with Crippen molar-refractivity contribution in [1.29, 1.82) is 0 Å². The summed E-state index contributed by atoms with van der Waals surface area (Å²) in [6.45, 7) is 5.18. The predicted molar refractivity (Wildman–Crippen MR) is 536 cm³/mol. The number of aryl methyl sites for hydroxylation is 2. The van der Waals surface area contributed by atoms with E-state index in [1.165, 1.54) is 67.7 Å². The minimum Gasteiger partial charge on any atom is -0.481 e. The number of benzene rings is 5. The van der Waals surface area contributed by atoms with Crippen LogP contribution in [0, 0.1) is 64.5 Å². The minimum atomic E-state index is -4.57. The molecule has 0 bridgehead atoms. The SMILES string of the molecule is CC(F)OC1CCC2(CC1)Cc1ccc(C#CC3CC3)cc1[C@@]21N=C(N)N(C)C1=O.CN1C(=O)C2(N=C1N)c1cc(Br)ccc1CC21CN(c2ncccn2)C1.COC1CCC2(CC1)Cc1cc(F)c(OCC(F)(F)F)cc1C21N=C(N)N(C)O1.COC1CCC2(CC1)Cc1ccc(-c3cnc(C)s3)cc1[C@@]21N=C(N)N(C)C1=O.COC1CCC2(CC1)Cc1ccc(-c3cnc(C)s3)cc1[C@]21N=C(N)N(C)C1=O. The van der Waals surface area contributed by atoms with Gasteiger partial charge in [0.25, 0.3) is 23.6 Å². The molecule has 9 heterocycles. The number of thiazole rings is 2. The van der Waals surface area contributed by atoms with Crippen LogP contribution in [0.25, 0.3) is 20.9 Å². The van der Waals surface area contributed by atoms with Gasteiger partial charge in [-0.15, -0.1) is 22.7 Å². The fourth-order valence-corrected chi connectivity index (χ4v) is 28.1. The van der Waals surface area contributed by atoms with Crippen LogP contribution in [-0.4, -0.2) is 211 Å². The van der Waals surface area contributed by atoms with E-state index in [4.69, 9.17) is 77.2 Å². The zero-order chi connectivity index (χ0) is 101. The summed E-state index contributed by atoms with van der Waals surface area (Å²) in [5.74, 6) is 7.68. The molecule has 754 valence electrons. The first kappa shape index (κ1) is 98.9. The quantitative estimate of drug-likeness (QED) is 0.0627. The molecule has 8 aromatic rings. The number of halogens is 6. The van der Waals surface area contributed by atoms with Crippen LogP contribution in [0.2, 0.25) is 0 Å². The maximum Gasteiger partial charge on any atom is 0.422 e. The number of carbonyl (C=O) groups is 4. The number of methoxy groups -OCH3 is 3. The molecule has 6 fully saturated rings. The number of aliphatic imine (C=N–C) groups is 5. The van der Waals surface area contributed by atoms with Gasteiger partial charge in [0.1, 0.15) is 0 Å². The molecule has 10 aliphatic carbocycles. The number of alkyl halides is 4. The van der Waals surface area contributed by atoms with Crippen LogP contribution in [0.1, 0.15) is 194 Å². The first-order valence-electron chi connectivity index (χ1n) is 49.0. The fraction of sp³-hybridized carbons (Fsp3) is 0.514. The second kappa shape index (κ2) is 36.6. The van der Waals surface area contributed by atoms with Gasteiger partial charge in [0.2, 0.25) is 17.6 Å². The van der Waals surface area contributed by atoms with Gasteiger partial charge in [-0.1, -0.05) is 64.2 Å². The van der Waals surface area contributed by atoms with E-state index in [0.29, 0.717) is 80.1 Å². The number of hydroxylamine groups is 2. The Kier molecular flexibility index (Phi) is 25.3. The molecule has 1 saturated heterocycles. The molecule has 30 nitrogen and oxygen atoms in total. The molecule has 16 aliphatic rings. The largest absolute Gasteiger partial charge is 0.481 e. The van der Waals surface area contributed by atoms with Crippen molar-refractivity contribution in [2.75, 3.05) is 81.2 Å². The van der Waals surface area contributed by atoms with Gasteiger partial charge >= 0.3 is 6.18 Å². The Hall–Kier alpha value is -11.4. The van der Waals surface area contributed by atoms with Crippen molar-refractivity contribution >= 4 is 98.0 Å². The van der Waals surface area contributed by atoms with Crippen LogP contribution in [0.5, 0.6) is 5.75 Å². The van der Waals surface area contributed by atoms with E-state index in [0.717, 1.165) is 177 Å². The van der Waals surface area contributed by atoms with Crippen molar-refractivity contribution < 1.29 is 69.7 Å². The third-order valence-electron chi connectivity index (χ3n) is 33.7. The number of anilines is 1. The Morgan fingerprint density at radius 1 is 0.490 bits per heavy atom. The summed E-state index contributed by atoms with van der Waals surface area (Å²) in [7, 11) is 13.7. The van der Waals surface area contributed by atoms with E-state index in [2.05, 4.69) is 118 Å². The number of guanidine groups is 5. The summed E-state index contributed by atoms with van der Waals surface area (Å²) in [6, 6.07) is 29.6. The molecule has 3 unspecified atom stereocenters. The van der Waals surface area contributed by atoms with Gasteiger partial charge in [0, 0.05) is 143 Å². The lowest BCUT2D eigenvalue weighted by Crippen LogP contribution is -2.67. The number of hydrogen-bond donors (Lipinski definition) is 5. The highest BCUT2D eigenvalue weighted by atomic mass is 79.9. The van der Waals surface area contributed by atoms with Crippen molar-refractivity contribution in [3.8, 4) is 38.5 Å². The van der Waals surface area contributed by atoms with Crippen LogP contribution in [0.3, 0.4) is 0 Å². The Morgan fingerprint density at radius 3 is 1.28 bits per heavy atom. The Bertz CT molecular complexity index is 6480. The number of nitrogens with zero attached hydrogens (tertiary/aromatic N) is 15. The number of aromatic nitrogens is 4. The zero-order valence-corrected chi connectivity index (χ0v) is 85.3. The van der Waals surface area contributed by atoms with Gasteiger partial charge in [-0.3, -0.25) is 38.8 Å². The summed E-state index contributed by atoms with van der Waals surface area (Å²) in [6.07, 6.45) is 21.3. The van der Waals surface area contributed by atoms with E-state index in [1.807, 2.05) is 38.4 Å². The summed E-state index contributed by atoms with van der Waals surface area (Å²) >= 11 is 6.87. The van der Waals surface area contributed by atoms with E-state index >= 15 is 0 Å². The summed E-state index contributed by atoms with van der Waals surface area (Å²) in [5, 5.41) is 3.41. The Morgan fingerprint density at radius 2 is 0.888 bits per heavy atom. The van der Waals surface area contributed by atoms with Gasteiger partial charge in [0.15, 0.2) is 70.5 Å². The van der Waals surface area contributed by atoms with Crippen LogP contribution < -0.4 is 38.3 Å². The summed E-state index contributed by atoms with van der Waals surface area (Å²) < 4.78 is 93.4. The number of carbonyl (C=O) groups excluding carboxylic acids is 4. The highest BCUT2D eigenvalue weighted by Crippen LogP contribution is 2.68. The second-order valence-electron chi connectivity index (χ2n) is 41.5. The van der Waals surface area contributed by atoms with E-state index in [1.54, 1.807) is 97.7 Å². The van der Waals surface area contributed by atoms with Crippen LogP contribution in [-0.2, 0) is 103 Å². The maximum absolute atomic E-state index is 14.5. The molecular formula is C105H120BrF5N20O10S2. The van der Waals surface area contributed by atoms with Gasteiger partial charge in [-0.05, 0) is 284 Å². The fourth-order valence-electron chi connectivity index (χ4n) is 26.1. The first-order valence-corrected chi connectivity index (χ1v) is 51.4. The smallest absolute Gasteiger partial charge is 0.422 e. The number of rotatable bonds is 10. The Labute approximate surface area is 843 Å². The number of ether oxygens (including phenoxy) is 5. The lowest BCUT2D eigenvalue weighted by molar-refractivity contribution is -0.232. The number of fused-ring (bicyclic) bond motifs is 15. The van der Waals surface area contributed by atoms with Gasteiger partial charge in [-0.25, -0.2) is 63.6 Å². The average molecular weight is 2060 g/mol. The van der Waals surface area contributed by atoms with Crippen LogP contribution in [0.4, 0.5) is 27.9 Å². The third-order valence-corrected chi connectivity index (χ3v) is 36.1. The molecule has 3 aromatic heterocycles. The molecule has 4 amide bonds. The van der Waals surface area contributed by atoms with Crippen molar-refractivity contribution in [1.82, 2.24) is 44.6 Å². The normalized spacial score (nSPS) is 30.6. The molecule has 5 aromatic carbocycles. The molecule has 24 rings (SSSR count). The topological polar surface area (TPSA) is 387 Å². The maximum atomic E-state index is 14.5. The second-order valence-corrected chi connectivity index (χ2v) is 44.9.